The van der Waals surface area contributed by atoms with Crippen molar-refractivity contribution in [1.29, 1.82) is 0 Å². The number of imidazole rings is 1. The van der Waals surface area contributed by atoms with E-state index in [0.717, 1.165) is 17.8 Å². The zero-order valence-electron chi connectivity index (χ0n) is 7.94. The highest BCUT2D eigenvalue weighted by Gasteiger charge is 2.09. The molecule has 0 amide bonds. The molecule has 0 aromatic carbocycles. The fourth-order valence-electron chi connectivity index (χ4n) is 1.38. The van der Waals surface area contributed by atoms with Gasteiger partial charge in [0.05, 0.1) is 11.7 Å². The normalized spacial score (nSPS) is 13.4. The Morgan fingerprint density at radius 1 is 1.54 bits per heavy atom. The zero-order valence-corrected chi connectivity index (χ0v) is 7.94. The average molecular weight is 175 g/mol. The van der Waals surface area contributed by atoms with Gasteiger partial charge in [0.2, 0.25) is 0 Å². The van der Waals surface area contributed by atoms with Crippen LogP contribution in [0.25, 0.3) is 5.52 Å². The van der Waals surface area contributed by atoms with Crippen molar-refractivity contribution in [2.24, 2.45) is 0 Å². The lowest BCUT2D eigenvalue weighted by molar-refractivity contribution is 0.653. The Kier molecular flexibility index (Phi) is 2.00. The van der Waals surface area contributed by atoms with Gasteiger partial charge >= 0.3 is 0 Å². The molecule has 2 heterocycles. The molecule has 1 atom stereocenters. The molecule has 3 heteroatoms. The molecule has 0 fully saturated rings. The summed E-state index contributed by atoms with van der Waals surface area (Å²) in [7, 11) is 0. The Balaban J connectivity index is 2.57. The second-order valence-corrected chi connectivity index (χ2v) is 3.29. The van der Waals surface area contributed by atoms with E-state index in [0.29, 0.717) is 5.92 Å². The quantitative estimate of drug-likeness (QED) is 0.700. The minimum Gasteiger partial charge on any atom is -0.239 e. The lowest BCUT2D eigenvalue weighted by Crippen LogP contribution is -2.01. The van der Waals surface area contributed by atoms with E-state index in [2.05, 4.69) is 23.9 Å². The van der Waals surface area contributed by atoms with E-state index in [4.69, 9.17) is 0 Å². The van der Waals surface area contributed by atoms with Crippen LogP contribution in [0.15, 0.2) is 24.5 Å². The molecular formula is C10H13N3. The van der Waals surface area contributed by atoms with Gasteiger partial charge in [-0.25, -0.2) is 9.50 Å². The van der Waals surface area contributed by atoms with E-state index in [9.17, 15) is 0 Å². The lowest BCUT2D eigenvalue weighted by Gasteiger charge is -2.05. The van der Waals surface area contributed by atoms with Crippen LogP contribution in [0.2, 0.25) is 0 Å². The Labute approximate surface area is 77.4 Å². The molecule has 0 saturated heterocycles. The zero-order chi connectivity index (χ0) is 9.26. The molecule has 0 N–H and O–H groups in total. The summed E-state index contributed by atoms with van der Waals surface area (Å²) in [5, 5.41) is 4.26. The molecule has 0 saturated carbocycles. The molecule has 0 bridgehead atoms. The van der Waals surface area contributed by atoms with Crippen molar-refractivity contribution in [3.8, 4) is 0 Å². The summed E-state index contributed by atoms with van der Waals surface area (Å²) in [4.78, 5) is 4.37. The molecule has 0 radical (unpaired) electrons. The minimum absolute atomic E-state index is 0.470. The number of rotatable bonds is 2. The van der Waals surface area contributed by atoms with Crippen LogP contribution in [0.1, 0.15) is 32.0 Å². The predicted molar refractivity (Wildman–Crippen MR) is 51.7 cm³/mol. The second-order valence-electron chi connectivity index (χ2n) is 3.29. The van der Waals surface area contributed by atoms with Gasteiger partial charge in [0.1, 0.15) is 5.82 Å². The minimum atomic E-state index is 0.470. The third-order valence-electron chi connectivity index (χ3n) is 2.38. The number of fused-ring (bicyclic) bond motifs is 1. The number of nitrogens with zero attached hydrogens (tertiary/aromatic N) is 3. The van der Waals surface area contributed by atoms with Gasteiger partial charge in [0.25, 0.3) is 0 Å². The fraction of sp³-hybridized carbons (Fsp3) is 0.400. The Morgan fingerprint density at radius 3 is 3.15 bits per heavy atom. The molecule has 2 aromatic heterocycles. The Morgan fingerprint density at radius 2 is 2.38 bits per heavy atom. The third kappa shape index (κ3) is 1.30. The monoisotopic (exact) mass is 175 g/mol. The molecule has 68 valence electrons. The molecule has 2 aromatic rings. The van der Waals surface area contributed by atoms with Crippen molar-refractivity contribution in [3.63, 3.8) is 0 Å². The van der Waals surface area contributed by atoms with E-state index in [1.165, 1.54) is 0 Å². The van der Waals surface area contributed by atoms with Crippen molar-refractivity contribution in [3.05, 3.63) is 30.4 Å². The van der Waals surface area contributed by atoms with Crippen molar-refractivity contribution in [2.45, 2.75) is 26.2 Å². The number of hydrogen-bond acceptors (Lipinski definition) is 2. The van der Waals surface area contributed by atoms with Crippen LogP contribution in [0.3, 0.4) is 0 Å². The summed E-state index contributed by atoms with van der Waals surface area (Å²) in [6.45, 7) is 4.33. The van der Waals surface area contributed by atoms with Gasteiger partial charge in [0, 0.05) is 12.1 Å². The van der Waals surface area contributed by atoms with E-state index < -0.39 is 0 Å². The largest absolute Gasteiger partial charge is 0.239 e. The third-order valence-corrected chi connectivity index (χ3v) is 2.38. The molecule has 0 aliphatic carbocycles. The molecule has 0 aliphatic heterocycles. The van der Waals surface area contributed by atoms with Crippen molar-refractivity contribution in [1.82, 2.24) is 14.6 Å². The van der Waals surface area contributed by atoms with Crippen LogP contribution in [0.4, 0.5) is 0 Å². The average Bonchev–Trinajstić information content (AvgIpc) is 2.60. The van der Waals surface area contributed by atoms with Gasteiger partial charge in [-0.3, -0.25) is 0 Å². The molecule has 3 nitrogen and oxygen atoms in total. The van der Waals surface area contributed by atoms with Gasteiger partial charge < -0.3 is 0 Å². The summed E-state index contributed by atoms with van der Waals surface area (Å²) < 4.78 is 1.91. The highest BCUT2D eigenvalue weighted by Crippen LogP contribution is 2.17. The summed E-state index contributed by atoms with van der Waals surface area (Å²) in [5.41, 5.74) is 1.07. The standard InChI is InChI=1S/C10H13N3/c1-3-8(2)10-11-7-9-5-4-6-12-13(9)10/h4-8H,3H2,1-2H3. The van der Waals surface area contributed by atoms with Crippen LogP contribution >= 0.6 is 0 Å². The van der Waals surface area contributed by atoms with E-state index in [1.54, 1.807) is 6.20 Å². The fourth-order valence-corrected chi connectivity index (χ4v) is 1.38. The Bertz CT molecular complexity index is 405. The summed E-state index contributed by atoms with van der Waals surface area (Å²) in [5.74, 6) is 1.52. The van der Waals surface area contributed by atoms with Gasteiger partial charge in [-0.15, -0.1) is 0 Å². The van der Waals surface area contributed by atoms with Crippen LogP contribution in [0.5, 0.6) is 0 Å². The van der Waals surface area contributed by atoms with Gasteiger partial charge in [-0.1, -0.05) is 13.8 Å². The first-order chi connectivity index (χ1) is 6.33. The molecule has 0 aliphatic rings. The van der Waals surface area contributed by atoms with E-state index in [1.807, 2.05) is 22.8 Å². The van der Waals surface area contributed by atoms with Crippen LogP contribution in [-0.2, 0) is 0 Å². The van der Waals surface area contributed by atoms with Crippen LogP contribution < -0.4 is 0 Å². The van der Waals surface area contributed by atoms with Crippen LogP contribution in [-0.4, -0.2) is 14.6 Å². The molecule has 2 rings (SSSR count). The highest BCUT2D eigenvalue weighted by atomic mass is 15.3. The lowest BCUT2D eigenvalue weighted by atomic mass is 10.1. The number of hydrogen-bond donors (Lipinski definition) is 0. The maximum Gasteiger partial charge on any atom is 0.133 e. The highest BCUT2D eigenvalue weighted by molar-refractivity contribution is 5.43. The summed E-state index contributed by atoms with van der Waals surface area (Å²) in [6.07, 6.45) is 4.75. The predicted octanol–water partition coefficient (Wildman–Crippen LogP) is 2.24. The molecule has 1 unspecified atom stereocenters. The first-order valence-electron chi connectivity index (χ1n) is 4.61. The second kappa shape index (κ2) is 3.17. The molecule has 13 heavy (non-hydrogen) atoms. The van der Waals surface area contributed by atoms with Gasteiger partial charge in [-0.2, -0.15) is 5.10 Å². The first kappa shape index (κ1) is 8.23. The number of aromatic nitrogens is 3. The molecular weight excluding hydrogens is 162 g/mol. The van der Waals surface area contributed by atoms with Gasteiger partial charge in [0.15, 0.2) is 0 Å². The maximum atomic E-state index is 4.37. The van der Waals surface area contributed by atoms with Gasteiger partial charge in [-0.05, 0) is 18.6 Å². The van der Waals surface area contributed by atoms with Crippen molar-refractivity contribution < 1.29 is 0 Å². The molecule has 0 spiro atoms. The van der Waals surface area contributed by atoms with Crippen molar-refractivity contribution >= 4 is 5.52 Å². The SMILES string of the molecule is CCC(C)c1ncc2cccnn12. The Hall–Kier alpha value is -1.38. The van der Waals surface area contributed by atoms with E-state index >= 15 is 0 Å². The topological polar surface area (TPSA) is 30.2 Å². The summed E-state index contributed by atoms with van der Waals surface area (Å²) >= 11 is 0. The maximum absolute atomic E-state index is 4.37. The smallest absolute Gasteiger partial charge is 0.133 e. The van der Waals surface area contributed by atoms with Crippen molar-refractivity contribution in [2.75, 3.05) is 0 Å². The van der Waals surface area contributed by atoms with E-state index in [-0.39, 0.29) is 0 Å². The summed E-state index contributed by atoms with van der Waals surface area (Å²) in [6, 6.07) is 3.95. The van der Waals surface area contributed by atoms with Crippen LogP contribution in [0, 0.1) is 0 Å². The first-order valence-corrected chi connectivity index (χ1v) is 4.61.